The van der Waals surface area contributed by atoms with Gasteiger partial charge in [-0.1, -0.05) is 30.3 Å². The van der Waals surface area contributed by atoms with Crippen LogP contribution in [0.5, 0.6) is 0 Å². The number of hydrogen-bond donors (Lipinski definition) is 1. The minimum atomic E-state index is -0.270. The predicted octanol–water partition coefficient (Wildman–Crippen LogP) is 1.28. The summed E-state index contributed by atoms with van der Waals surface area (Å²) in [4.78, 5) is 12.6. The summed E-state index contributed by atoms with van der Waals surface area (Å²) in [6, 6.07) is 10.3. The van der Waals surface area contributed by atoms with E-state index in [-0.39, 0.29) is 23.9 Å². The van der Waals surface area contributed by atoms with Crippen LogP contribution < -0.4 is 5.69 Å². The van der Waals surface area contributed by atoms with Crippen molar-refractivity contribution in [1.82, 2.24) is 14.3 Å². The molecule has 0 saturated heterocycles. The van der Waals surface area contributed by atoms with Gasteiger partial charge in [0.1, 0.15) is 5.82 Å². The maximum Gasteiger partial charge on any atom is 0.346 e. The molecular formula is C15H17N3O2. The first kappa shape index (κ1) is 11.9. The highest BCUT2D eigenvalue weighted by Gasteiger charge is 2.35. The molecule has 1 N–H and O–H groups in total. The smallest absolute Gasteiger partial charge is 0.346 e. The van der Waals surface area contributed by atoms with E-state index in [1.165, 1.54) is 5.56 Å². The van der Waals surface area contributed by atoms with E-state index in [0.29, 0.717) is 12.8 Å². The van der Waals surface area contributed by atoms with Crippen molar-refractivity contribution >= 4 is 0 Å². The summed E-state index contributed by atoms with van der Waals surface area (Å²) in [5.41, 5.74) is 1.14. The molecule has 0 bridgehead atoms. The molecule has 1 aliphatic carbocycles. The van der Waals surface area contributed by atoms with Gasteiger partial charge in [-0.2, -0.15) is 5.10 Å². The zero-order valence-corrected chi connectivity index (χ0v) is 11.1. The third kappa shape index (κ3) is 1.66. The van der Waals surface area contributed by atoms with Crippen LogP contribution >= 0.6 is 0 Å². The number of hydrogen-bond acceptors (Lipinski definition) is 3. The van der Waals surface area contributed by atoms with E-state index >= 15 is 0 Å². The largest absolute Gasteiger partial charge is 0.393 e. The van der Waals surface area contributed by atoms with Gasteiger partial charge in [0, 0.05) is 6.42 Å². The Morgan fingerprint density at radius 2 is 1.95 bits per heavy atom. The molecule has 2 heterocycles. The minimum absolute atomic E-state index is 0.0248. The summed E-state index contributed by atoms with van der Waals surface area (Å²) in [7, 11) is 0. The lowest BCUT2D eigenvalue weighted by Crippen LogP contribution is -2.38. The molecule has 4 rings (SSSR count). The number of benzene rings is 1. The second-order valence-corrected chi connectivity index (χ2v) is 5.76. The number of nitrogens with zero attached hydrogens (tertiary/aromatic N) is 3. The Balaban J connectivity index is 1.73. The second kappa shape index (κ2) is 4.31. The number of fused-ring (bicyclic) bond motifs is 1. The van der Waals surface area contributed by atoms with E-state index in [4.69, 9.17) is 0 Å². The molecule has 5 nitrogen and oxygen atoms in total. The SMILES string of the molecule is O=c1n(C2CC(O)C2)nc2n1[C@H](c1ccccc1)CC2. The lowest BCUT2D eigenvalue weighted by Gasteiger charge is -2.30. The van der Waals surface area contributed by atoms with Gasteiger partial charge >= 0.3 is 5.69 Å². The highest BCUT2D eigenvalue weighted by Crippen LogP contribution is 2.33. The molecule has 0 unspecified atom stereocenters. The van der Waals surface area contributed by atoms with E-state index in [1.54, 1.807) is 4.68 Å². The molecule has 5 heteroatoms. The molecule has 1 aromatic heterocycles. The fourth-order valence-electron chi connectivity index (χ4n) is 3.30. The quantitative estimate of drug-likeness (QED) is 0.895. The molecule has 2 aliphatic rings. The third-order valence-electron chi connectivity index (χ3n) is 4.47. The molecule has 1 aromatic carbocycles. The van der Waals surface area contributed by atoms with Crippen molar-refractivity contribution in [2.24, 2.45) is 0 Å². The highest BCUT2D eigenvalue weighted by molar-refractivity contribution is 5.22. The molecule has 1 saturated carbocycles. The van der Waals surface area contributed by atoms with Crippen LogP contribution in [0.1, 0.15) is 42.7 Å². The Kier molecular flexibility index (Phi) is 2.57. The van der Waals surface area contributed by atoms with Crippen molar-refractivity contribution in [2.75, 3.05) is 0 Å². The molecule has 104 valence electrons. The van der Waals surface area contributed by atoms with Crippen LogP contribution in [-0.2, 0) is 6.42 Å². The van der Waals surface area contributed by atoms with Gasteiger partial charge in [-0.25, -0.2) is 9.48 Å². The number of aliphatic hydroxyl groups is 1. The summed E-state index contributed by atoms with van der Waals surface area (Å²) >= 11 is 0. The van der Waals surface area contributed by atoms with Gasteiger partial charge in [-0.15, -0.1) is 0 Å². The number of aliphatic hydroxyl groups excluding tert-OH is 1. The van der Waals surface area contributed by atoms with Crippen molar-refractivity contribution in [3.63, 3.8) is 0 Å². The Morgan fingerprint density at radius 1 is 1.20 bits per heavy atom. The van der Waals surface area contributed by atoms with Gasteiger partial charge in [0.25, 0.3) is 0 Å². The number of aryl methyl sites for hydroxylation is 1. The van der Waals surface area contributed by atoms with Gasteiger partial charge in [-0.3, -0.25) is 4.57 Å². The highest BCUT2D eigenvalue weighted by atomic mass is 16.3. The van der Waals surface area contributed by atoms with Crippen molar-refractivity contribution in [3.05, 3.63) is 52.2 Å². The van der Waals surface area contributed by atoms with Crippen molar-refractivity contribution in [1.29, 1.82) is 0 Å². The second-order valence-electron chi connectivity index (χ2n) is 5.76. The Morgan fingerprint density at radius 3 is 2.65 bits per heavy atom. The lowest BCUT2D eigenvalue weighted by atomic mass is 9.90. The lowest BCUT2D eigenvalue weighted by molar-refractivity contribution is 0.0413. The van der Waals surface area contributed by atoms with Crippen LogP contribution in [0.4, 0.5) is 0 Å². The monoisotopic (exact) mass is 271 g/mol. The van der Waals surface area contributed by atoms with Crippen molar-refractivity contribution in [2.45, 2.75) is 43.9 Å². The first-order valence-corrected chi connectivity index (χ1v) is 7.17. The third-order valence-corrected chi connectivity index (χ3v) is 4.47. The van der Waals surface area contributed by atoms with Gasteiger partial charge in [0.15, 0.2) is 0 Å². The van der Waals surface area contributed by atoms with E-state index in [9.17, 15) is 9.90 Å². The molecule has 2 aromatic rings. The van der Waals surface area contributed by atoms with E-state index in [2.05, 4.69) is 17.2 Å². The first-order chi connectivity index (χ1) is 9.74. The summed E-state index contributed by atoms with van der Waals surface area (Å²) in [6.45, 7) is 0. The van der Waals surface area contributed by atoms with Crippen LogP contribution in [0.15, 0.2) is 35.1 Å². The zero-order valence-electron chi connectivity index (χ0n) is 11.1. The van der Waals surface area contributed by atoms with Gasteiger partial charge in [0.05, 0.1) is 18.2 Å². The zero-order chi connectivity index (χ0) is 13.7. The van der Waals surface area contributed by atoms with Crippen LogP contribution in [0.2, 0.25) is 0 Å². The molecule has 0 amide bonds. The minimum Gasteiger partial charge on any atom is -0.393 e. The molecule has 0 radical (unpaired) electrons. The molecule has 1 fully saturated rings. The number of aromatic nitrogens is 3. The summed E-state index contributed by atoms with van der Waals surface area (Å²) in [6.07, 6.45) is 2.80. The average Bonchev–Trinajstić information content (AvgIpc) is 2.97. The van der Waals surface area contributed by atoms with Crippen LogP contribution in [-0.4, -0.2) is 25.6 Å². The molecule has 1 atom stereocenters. The van der Waals surface area contributed by atoms with Crippen LogP contribution in [0.3, 0.4) is 0 Å². The number of rotatable bonds is 2. The summed E-state index contributed by atoms with van der Waals surface area (Å²) < 4.78 is 3.41. The molecular weight excluding hydrogens is 254 g/mol. The summed E-state index contributed by atoms with van der Waals surface area (Å²) in [5, 5.41) is 13.9. The maximum atomic E-state index is 12.6. The fourth-order valence-corrected chi connectivity index (χ4v) is 3.30. The van der Waals surface area contributed by atoms with Gasteiger partial charge < -0.3 is 5.11 Å². The van der Waals surface area contributed by atoms with Gasteiger partial charge in [0.2, 0.25) is 0 Å². The first-order valence-electron chi connectivity index (χ1n) is 7.17. The standard InChI is InChI=1S/C15H17N3O2/c19-12-8-11(9-12)18-15(20)17-13(6-7-14(17)16-18)10-4-2-1-3-5-10/h1-5,11-13,19H,6-9H2/t11?,12?,13-/m0/s1. The molecule has 0 spiro atoms. The fraction of sp³-hybridized carbons (Fsp3) is 0.467. The topological polar surface area (TPSA) is 60.1 Å². The Labute approximate surface area is 116 Å². The summed E-state index contributed by atoms with van der Waals surface area (Å²) in [5.74, 6) is 0.880. The van der Waals surface area contributed by atoms with Crippen molar-refractivity contribution < 1.29 is 5.11 Å². The molecule has 1 aliphatic heterocycles. The van der Waals surface area contributed by atoms with Gasteiger partial charge in [-0.05, 0) is 24.8 Å². The Bertz CT molecular complexity index is 683. The van der Waals surface area contributed by atoms with Crippen molar-refractivity contribution in [3.8, 4) is 0 Å². The van der Waals surface area contributed by atoms with Crippen LogP contribution in [0.25, 0.3) is 0 Å². The maximum absolute atomic E-state index is 12.6. The normalized spacial score (nSPS) is 28.1. The molecule has 20 heavy (non-hydrogen) atoms. The van der Waals surface area contributed by atoms with E-state index in [0.717, 1.165) is 18.7 Å². The van der Waals surface area contributed by atoms with E-state index in [1.807, 2.05) is 22.8 Å². The van der Waals surface area contributed by atoms with E-state index < -0.39 is 0 Å². The predicted molar refractivity (Wildman–Crippen MR) is 73.7 cm³/mol. The Hall–Kier alpha value is -1.88. The average molecular weight is 271 g/mol. The van der Waals surface area contributed by atoms with Crippen LogP contribution in [0, 0.1) is 0 Å².